The Balaban J connectivity index is 1.96. The van der Waals surface area contributed by atoms with Crippen molar-refractivity contribution in [2.75, 3.05) is 33.3 Å². The lowest BCUT2D eigenvalue weighted by Crippen LogP contribution is -2.34. The second-order valence-corrected chi connectivity index (χ2v) is 11.5. The van der Waals surface area contributed by atoms with Crippen molar-refractivity contribution in [1.82, 2.24) is 9.80 Å². The van der Waals surface area contributed by atoms with Crippen LogP contribution < -0.4 is 4.74 Å². The van der Waals surface area contributed by atoms with Crippen molar-refractivity contribution in [1.29, 1.82) is 0 Å². The maximum Gasteiger partial charge on any atom is 0.295 e. The minimum Gasteiger partial charge on any atom is -0.507 e. The molecule has 212 valence electrons. The quantitative estimate of drug-likeness (QED) is 0.176. The van der Waals surface area contributed by atoms with Gasteiger partial charge in [0, 0.05) is 12.1 Å². The molecule has 1 N–H and O–H groups in total. The predicted molar refractivity (Wildman–Crippen MR) is 158 cm³/mol. The van der Waals surface area contributed by atoms with Gasteiger partial charge in [-0.1, -0.05) is 71.7 Å². The van der Waals surface area contributed by atoms with Crippen LogP contribution >= 0.6 is 0 Å². The maximum absolute atomic E-state index is 13.4. The number of hydrogen-bond acceptors (Lipinski definition) is 5. The molecule has 0 spiro atoms. The van der Waals surface area contributed by atoms with Crippen molar-refractivity contribution in [3.05, 3.63) is 70.8 Å². The molecule has 1 amide bonds. The summed E-state index contributed by atoms with van der Waals surface area (Å²) in [5.41, 5.74) is 2.59. The molecule has 1 heterocycles. The number of amides is 1. The predicted octanol–water partition coefficient (Wildman–Crippen LogP) is 6.71. The number of unbranched alkanes of at least 4 members (excludes halogenated alkanes) is 2. The molecule has 2 aromatic rings. The second kappa shape index (κ2) is 13.8. The number of aliphatic hydroxyl groups excluding tert-OH is 1. The number of Topliss-reactive ketones (excluding diaryl/α,β-unsaturated/α-hetero) is 1. The van der Waals surface area contributed by atoms with E-state index in [4.69, 9.17) is 4.74 Å². The van der Waals surface area contributed by atoms with Gasteiger partial charge in [0.25, 0.3) is 11.7 Å². The Hall–Kier alpha value is -3.12. The SMILES string of the molecule is CCCCN(CCCC)CCCN1C(=O)C(=O)C(=C(O)c2ccc(OC)cc2)[C@@H]1c1ccc(C(C)(C)C)cc1. The molecular weight excluding hydrogens is 488 g/mol. The summed E-state index contributed by atoms with van der Waals surface area (Å²) in [6.07, 6.45) is 5.35. The van der Waals surface area contributed by atoms with Crippen LogP contribution in [0.4, 0.5) is 0 Å². The largest absolute Gasteiger partial charge is 0.507 e. The molecule has 1 aliphatic heterocycles. The van der Waals surface area contributed by atoms with Gasteiger partial charge in [-0.05, 0) is 79.7 Å². The Kier molecular flexibility index (Phi) is 10.8. The van der Waals surface area contributed by atoms with E-state index >= 15 is 0 Å². The molecule has 0 saturated carbocycles. The van der Waals surface area contributed by atoms with Crippen LogP contribution in [0.15, 0.2) is 54.1 Å². The molecule has 2 aromatic carbocycles. The van der Waals surface area contributed by atoms with Crippen LogP contribution in [-0.2, 0) is 15.0 Å². The monoisotopic (exact) mass is 534 g/mol. The van der Waals surface area contributed by atoms with Crippen molar-refractivity contribution < 1.29 is 19.4 Å². The molecule has 1 aliphatic rings. The number of carbonyl (C=O) groups is 2. The summed E-state index contributed by atoms with van der Waals surface area (Å²) < 4.78 is 5.24. The lowest BCUT2D eigenvalue weighted by Gasteiger charge is -2.28. The number of carbonyl (C=O) groups excluding carboxylic acids is 2. The van der Waals surface area contributed by atoms with E-state index in [9.17, 15) is 14.7 Å². The Bertz CT molecular complexity index is 1120. The van der Waals surface area contributed by atoms with Gasteiger partial charge < -0.3 is 19.6 Å². The molecule has 1 saturated heterocycles. The van der Waals surface area contributed by atoms with Crippen LogP contribution in [0.5, 0.6) is 5.75 Å². The highest BCUT2D eigenvalue weighted by atomic mass is 16.5. The van der Waals surface area contributed by atoms with E-state index in [1.807, 2.05) is 12.1 Å². The number of nitrogens with zero attached hydrogens (tertiary/aromatic N) is 2. The van der Waals surface area contributed by atoms with Crippen LogP contribution in [-0.4, -0.2) is 59.9 Å². The van der Waals surface area contributed by atoms with Crippen molar-refractivity contribution in [2.24, 2.45) is 0 Å². The lowest BCUT2D eigenvalue weighted by molar-refractivity contribution is -0.140. The van der Waals surface area contributed by atoms with Gasteiger partial charge in [-0.25, -0.2) is 0 Å². The Morgan fingerprint density at radius 2 is 1.46 bits per heavy atom. The van der Waals surface area contributed by atoms with Crippen LogP contribution in [0.3, 0.4) is 0 Å². The fourth-order valence-electron chi connectivity index (χ4n) is 5.09. The zero-order chi connectivity index (χ0) is 28.6. The number of likely N-dealkylation sites (tertiary alicyclic amines) is 1. The van der Waals surface area contributed by atoms with Gasteiger partial charge in [-0.2, -0.15) is 0 Å². The topological polar surface area (TPSA) is 70.1 Å². The highest BCUT2D eigenvalue weighted by Gasteiger charge is 2.45. The normalized spacial score (nSPS) is 17.3. The standard InChI is InChI=1S/C33H46N2O4/c1-7-9-20-34(21-10-8-2)22-11-23-35-29(24-12-16-26(17-13-24)33(3,4)5)28(31(37)32(35)38)30(36)25-14-18-27(39-6)19-15-25/h12-19,29,36H,7-11,20-23H2,1-6H3/t29-/m0/s1. The van der Waals surface area contributed by atoms with Gasteiger partial charge in [0.05, 0.1) is 18.7 Å². The minimum absolute atomic E-state index is 0.0239. The summed E-state index contributed by atoms with van der Waals surface area (Å²) in [4.78, 5) is 30.9. The van der Waals surface area contributed by atoms with Gasteiger partial charge in [0.2, 0.25) is 0 Å². The lowest BCUT2D eigenvalue weighted by atomic mass is 9.85. The number of ether oxygens (including phenoxy) is 1. The van der Waals surface area contributed by atoms with Crippen molar-refractivity contribution >= 4 is 17.4 Å². The zero-order valence-electron chi connectivity index (χ0n) is 24.6. The number of ketones is 1. The molecule has 0 unspecified atom stereocenters. The molecule has 39 heavy (non-hydrogen) atoms. The van der Waals surface area contributed by atoms with Gasteiger partial charge in [0.1, 0.15) is 11.5 Å². The molecule has 0 aromatic heterocycles. The first-order valence-electron chi connectivity index (χ1n) is 14.4. The first kappa shape index (κ1) is 30.4. The van der Waals surface area contributed by atoms with Crippen molar-refractivity contribution in [2.45, 2.75) is 78.2 Å². The zero-order valence-corrected chi connectivity index (χ0v) is 24.6. The van der Waals surface area contributed by atoms with E-state index in [2.05, 4.69) is 51.7 Å². The van der Waals surface area contributed by atoms with Crippen molar-refractivity contribution in [3.63, 3.8) is 0 Å². The first-order chi connectivity index (χ1) is 18.6. The van der Waals surface area contributed by atoms with E-state index < -0.39 is 17.7 Å². The Morgan fingerprint density at radius 1 is 0.897 bits per heavy atom. The summed E-state index contributed by atoms with van der Waals surface area (Å²) in [5.74, 6) is -0.696. The van der Waals surface area contributed by atoms with Crippen LogP contribution in [0.1, 0.15) is 89.5 Å². The van der Waals surface area contributed by atoms with E-state index in [1.54, 1.807) is 36.3 Å². The van der Waals surface area contributed by atoms with E-state index in [1.165, 1.54) is 5.56 Å². The number of methoxy groups -OCH3 is 1. The maximum atomic E-state index is 13.4. The molecular formula is C33H46N2O4. The fraction of sp³-hybridized carbons (Fsp3) is 0.515. The van der Waals surface area contributed by atoms with E-state index in [0.29, 0.717) is 17.9 Å². The van der Waals surface area contributed by atoms with Crippen LogP contribution in [0, 0.1) is 0 Å². The number of aliphatic hydroxyl groups is 1. The van der Waals surface area contributed by atoms with Gasteiger partial charge in [-0.15, -0.1) is 0 Å². The third-order valence-corrected chi connectivity index (χ3v) is 7.53. The fourth-order valence-corrected chi connectivity index (χ4v) is 5.09. The molecule has 1 fully saturated rings. The van der Waals surface area contributed by atoms with Crippen LogP contribution in [0.2, 0.25) is 0 Å². The Morgan fingerprint density at radius 3 is 1.97 bits per heavy atom. The summed E-state index contributed by atoms with van der Waals surface area (Å²) in [6, 6.07) is 14.3. The molecule has 6 nitrogen and oxygen atoms in total. The summed E-state index contributed by atoms with van der Waals surface area (Å²) >= 11 is 0. The molecule has 0 radical (unpaired) electrons. The third kappa shape index (κ3) is 7.51. The molecule has 3 rings (SSSR count). The average molecular weight is 535 g/mol. The summed E-state index contributed by atoms with van der Waals surface area (Å²) in [7, 11) is 1.58. The molecule has 0 bridgehead atoms. The number of hydrogen-bond donors (Lipinski definition) is 1. The Labute approximate surface area is 234 Å². The third-order valence-electron chi connectivity index (χ3n) is 7.53. The van der Waals surface area contributed by atoms with Crippen LogP contribution in [0.25, 0.3) is 5.76 Å². The van der Waals surface area contributed by atoms with Gasteiger partial charge >= 0.3 is 0 Å². The minimum atomic E-state index is -0.638. The average Bonchev–Trinajstić information content (AvgIpc) is 3.18. The molecule has 1 atom stereocenters. The number of rotatable bonds is 13. The van der Waals surface area contributed by atoms with E-state index in [0.717, 1.165) is 57.3 Å². The molecule has 6 heteroatoms. The summed E-state index contributed by atoms with van der Waals surface area (Å²) in [6.45, 7) is 14.3. The highest BCUT2D eigenvalue weighted by molar-refractivity contribution is 6.46. The van der Waals surface area contributed by atoms with Gasteiger partial charge in [-0.3, -0.25) is 9.59 Å². The van der Waals surface area contributed by atoms with Gasteiger partial charge in [0.15, 0.2) is 0 Å². The molecule has 0 aliphatic carbocycles. The second-order valence-electron chi connectivity index (χ2n) is 11.5. The highest BCUT2D eigenvalue weighted by Crippen LogP contribution is 2.40. The van der Waals surface area contributed by atoms with E-state index in [-0.39, 0.29) is 16.7 Å². The smallest absolute Gasteiger partial charge is 0.295 e. The number of benzene rings is 2. The first-order valence-corrected chi connectivity index (χ1v) is 14.4. The van der Waals surface area contributed by atoms with Crippen molar-refractivity contribution in [3.8, 4) is 5.75 Å². The summed E-state index contributed by atoms with van der Waals surface area (Å²) in [5, 5.41) is 11.3.